The fourth-order valence-electron chi connectivity index (χ4n) is 2.49. The van der Waals surface area contributed by atoms with Crippen molar-refractivity contribution in [2.45, 2.75) is 27.1 Å². The van der Waals surface area contributed by atoms with Crippen molar-refractivity contribution in [3.8, 4) is 0 Å². The van der Waals surface area contributed by atoms with Crippen molar-refractivity contribution in [1.29, 1.82) is 0 Å². The van der Waals surface area contributed by atoms with Crippen LogP contribution in [-0.4, -0.2) is 12.3 Å². The van der Waals surface area contributed by atoms with E-state index in [2.05, 4.69) is 11.9 Å². The van der Waals surface area contributed by atoms with Crippen LogP contribution in [0.5, 0.6) is 0 Å². The van der Waals surface area contributed by atoms with E-state index in [0.29, 0.717) is 17.0 Å². The first-order valence-corrected chi connectivity index (χ1v) is 8.12. The van der Waals surface area contributed by atoms with Gasteiger partial charge in [-0.25, -0.2) is 4.79 Å². The van der Waals surface area contributed by atoms with E-state index in [1.54, 1.807) is 12.1 Å². The topological polar surface area (TPSA) is 47.6 Å². The number of carbonyl (C=O) groups is 1. The fraction of sp³-hybridized carbons (Fsp3) is 0.190. The van der Waals surface area contributed by atoms with Crippen LogP contribution in [0.1, 0.15) is 28.4 Å². The van der Waals surface area contributed by atoms with E-state index in [1.165, 1.54) is 5.56 Å². The first-order valence-electron chi connectivity index (χ1n) is 8.12. The lowest BCUT2D eigenvalue weighted by atomic mass is 10.1. The molecule has 1 unspecified atom stereocenters. The zero-order chi connectivity index (χ0) is 18.0. The van der Waals surface area contributed by atoms with E-state index < -0.39 is 12.3 Å². The lowest BCUT2D eigenvalue weighted by Gasteiger charge is -2.17. The molecular formula is C21H21NO3. The molecule has 0 fully saturated rings. The summed E-state index contributed by atoms with van der Waals surface area (Å²) in [6, 6.07) is 15.2. The van der Waals surface area contributed by atoms with E-state index in [0.717, 1.165) is 16.8 Å². The zero-order valence-electron chi connectivity index (χ0n) is 14.6. The Labute approximate surface area is 147 Å². The van der Waals surface area contributed by atoms with Gasteiger partial charge in [-0.1, -0.05) is 42.0 Å². The average Bonchev–Trinajstić information content (AvgIpc) is 2.85. The van der Waals surface area contributed by atoms with Gasteiger partial charge in [-0.2, -0.15) is 0 Å². The molecular weight excluding hydrogens is 314 g/mol. The quantitative estimate of drug-likeness (QED) is 0.822. The maximum Gasteiger partial charge on any atom is 0.341 e. The normalized spacial score (nSPS) is 16.6. The molecule has 0 radical (unpaired) electrons. The first kappa shape index (κ1) is 16.8. The minimum atomic E-state index is -0.831. The highest BCUT2D eigenvalue weighted by Gasteiger charge is 2.31. The molecule has 0 amide bonds. The largest absolute Gasteiger partial charge is 0.449 e. The second-order valence-electron chi connectivity index (χ2n) is 6.17. The van der Waals surface area contributed by atoms with Crippen LogP contribution in [0.3, 0.4) is 0 Å². The van der Waals surface area contributed by atoms with Gasteiger partial charge in [0.1, 0.15) is 11.5 Å². The summed E-state index contributed by atoms with van der Waals surface area (Å²) in [6.45, 7) is 9.76. The third-order valence-corrected chi connectivity index (χ3v) is 4.14. The summed E-state index contributed by atoms with van der Waals surface area (Å²) in [6.07, 6.45) is -0.831. The van der Waals surface area contributed by atoms with Crippen molar-refractivity contribution >= 4 is 11.7 Å². The number of benzene rings is 2. The summed E-state index contributed by atoms with van der Waals surface area (Å²) >= 11 is 0. The van der Waals surface area contributed by atoms with E-state index in [-0.39, 0.29) is 0 Å². The van der Waals surface area contributed by atoms with Crippen LogP contribution in [0.15, 0.2) is 72.1 Å². The maximum atomic E-state index is 12.4. The molecule has 0 saturated heterocycles. The summed E-state index contributed by atoms with van der Waals surface area (Å²) in [7, 11) is 0. The molecule has 0 spiro atoms. The Balaban J connectivity index is 1.78. The summed E-state index contributed by atoms with van der Waals surface area (Å²) in [5, 5.41) is 3.28. The fourth-order valence-corrected chi connectivity index (χ4v) is 2.49. The molecule has 2 aromatic rings. The standard InChI is InChI=1S/C21H21NO3/c1-13-5-9-17(10-6-13)20(23)25-21-19(15(3)16(4)24-21)22-18-11-7-14(2)8-12-18/h5-12,21-22H,4H2,1-3H3. The van der Waals surface area contributed by atoms with E-state index in [4.69, 9.17) is 9.47 Å². The lowest BCUT2D eigenvalue weighted by Crippen LogP contribution is -2.23. The van der Waals surface area contributed by atoms with Gasteiger partial charge in [-0.3, -0.25) is 0 Å². The molecule has 3 rings (SSSR count). The molecule has 1 N–H and O–H groups in total. The third-order valence-electron chi connectivity index (χ3n) is 4.14. The summed E-state index contributed by atoms with van der Waals surface area (Å²) in [5.74, 6) is 0.0621. The number of rotatable bonds is 4. The second-order valence-corrected chi connectivity index (χ2v) is 6.17. The minimum Gasteiger partial charge on any atom is -0.449 e. The Bertz CT molecular complexity index is 832. The molecule has 25 heavy (non-hydrogen) atoms. The number of carbonyl (C=O) groups excluding carboxylic acids is 1. The Hall–Kier alpha value is -3.01. The minimum absolute atomic E-state index is 0.435. The van der Waals surface area contributed by atoms with E-state index in [1.807, 2.05) is 57.2 Å². The molecule has 4 heteroatoms. The number of nitrogens with one attached hydrogen (secondary N) is 1. The number of anilines is 1. The Morgan fingerprint density at radius 3 is 2.16 bits per heavy atom. The molecule has 0 aliphatic carbocycles. The van der Waals surface area contributed by atoms with Gasteiger partial charge in [0.05, 0.1) is 5.56 Å². The molecule has 4 nitrogen and oxygen atoms in total. The highest BCUT2D eigenvalue weighted by atomic mass is 16.7. The van der Waals surface area contributed by atoms with Gasteiger partial charge in [0.2, 0.25) is 0 Å². The smallest absolute Gasteiger partial charge is 0.341 e. The van der Waals surface area contributed by atoms with Crippen LogP contribution in [0.2, 0.25) is 0 Å². The molecule has 2 aromatic carbocycles. The lowest BCUT2D eigenvalue weighted by molar-refractivity contribution is -0.0469. The number of aryl methyl sites for hydroxylation is 2. The van der Waals surface area contributed by atoms with Crippen molar-refractivity contribution in [1.82, 2.24) is 0 Å². The predicted molar refractivity (Wildman–Crippen MR) is 98.1 cm³/mol. The number of hydrogen-bond donors (Lipinski definition) is 1. The molecule has 1 heterocycles. The van der Waals surface area contributed by atoms with Crippen LogP contribution < -0.4 is 5.32 Å². The maximum absolute atomic E-state index is 12.4. The second kappa shape index (κ2) is 6.85. The van der Waals surface area contributed by atoms with Crippen LogP contribution >= 0.6 is 0 Å². The molecule has 0 aromatic heterocycles. The van der Waals surface area contributed by atoms with Gasteiger partial charge in [-0.05, 0) is 45.0 Å². The van der Waals surface area contributed by atoms with Gasteiger partial charge < -0.3 is 14.8 Å². The molecule has 1 aliphatic heterocycles. The number of esters is 1. The Morgan fingerprint density at radius 2 is 1.56 bits per heavy atom. The number of allylic oxidation sites excluding steroid dienone is 1. The van der Waals surface area contributed by atoms with Crippen molar-refractivity contribution < 1.29 is 14.3 Å². The number of hydrogen-bond acceptors (Lipinski definition) is 4. The van der Waals surface area contributed by atoms with Gasteiger partial charge in [0, 0.05) is 11.3 Å². The summed E-state index contributed by atoms with van der Waals surface area (Å²) in [4.78, 5) is 12.4. The highest BCUT2D eigenvalue weighted by Crippen LogP contribution is 2.31. The predicted octanol–water partition coefficient (Wildman–Crippen LogP) is 4.72. The highest BCUT2D eigenvalue weighted by molar-refractivity contribution is 5.89. The molecule has 0 saturated carbocycles. The number of ether oxygens (including phenoxy) is 2. The van der Waals surface area contributed by atoms with Gasteiger partial charge in [0.25, 0.3) is 6.29 Å². The SMILES string of the molecule is C=C1OC(OC(=O)c2ccc(C)cc2)C(Nc2ccc(C)cc2)=C1C. The molecule has 128 valence electrons. The average molecular weight is 335 g/mol. The van der Waals surface area contributed by atoms with Crippen molar-refractivity contribution in [3.05, 3.63) is 88.8 Å². The third kappa shape index (κ3) is 3.74. The van der Waals surface area contributed by atoms with Crippen LogP contribution in [0.25, 0.3) is 0 Å². The van der Waals surface area contributed by atoms with Crippen LogP contribution in [0.4, 0.5) is 5.69 Å². The van der Waals surface area contributed by atoms with E-state index >= 15 is 0 Å². The summed E-state index contributed by atoms with van der Waals surface area (Å²) < 4.78 is 11.2. The molecule has 0 bridgehead atoms. The van der Waals surface area contributed by atoms with Gasteiger partial charge in [-0.15, -0.1) is 0 Å². The summed E-state index contributed by atoms with van der Waals surface area (Å²) in [5.41, 5.74) is 5.16. The zero-order valence-corrected chi connectivity index (χ0v) is 14.6. The first-order chi connectivity index (χ1) is 11.9. The van der Waals surface area contributed by atoms with Crippen LogP contribution in [0, 0.1) is 13.8 Å². The van der Waals surface area contributed by atoms with Crippen molar-refractivity contribution in [3.63, 3.8) is 0 Å². The van der Waals surface area contributed by atoms with Gasteiger partial charge >= 0.3 is 5.97 Å². The monoisotopic (exact) mass is 335 g/mol. The van der Waals surface area contributed by atoms with E-state index in [9.17, 15) is 4.79 Å². The van der Waals surface area contributed by atoms with Gasteiger partial charge in [0.15, 0.2) is 0 Å². The van der Waals surface area contributed by atoms with Crippen molar-refractivity contribution in [2.24, 2.45) is 0 Å². The Morgan fingerprint density at radius 1 is 1.00 bits per heavy atom. The molecule has 1 aliphatic rings. The Kier molecular flexibility index (Phi) is 4.61. The van der Waals surface area contributed by atoms with Crippen LogP contribution in [-0.2, 0) is 9.47 Å². The van der Waals surface area contributed by atoms with Crippen molar-refractivity contribution in [2.75, 3.05) is 5.32 Å². The molecule has 1 atom stereocenters.